The quantitative estimate of drug-likeness (QED) is 0.772. The highest BCUT2D eigenvalue weighted by Gasteiger charge is 2.27. The van der Waals surface area contributed by atoms with Crippen LogP contribution < -0.4 is 0 Å². The van der Waals surface area contributed by atoms with E-state index in [1.54, 1.807) is 11.1 Å². The van der Waals surface area contributed by atoms with Gasteiger partial charge in [0.2, 0.25) is 0 Å². The maximum atomic E-state index is 2.62. The van der Waals surface area contributed by atoms with Gasteiger partial charge >= 0.3 is 0 Å². The number of hydrogen-bond donors (Lipinski definition) is 0. The van der Waals surface area contributed by atoms with Gasteiger partial charge in [-0.1, -0.05) is 18.2 Å². The lowest BCUT2D eigenvalue weighted by molar-refractivity contribution is 0.172. The molecule has 0 amide bonds. The van der Waals surface area contributed by atoms with Gasteiger partial charge in [0, 0.05) is 6.04 Å². The Bertz CT molecular complexity index is 437. The number of aryl methyl sites for hydroxylation is 1. The molecule has 1 aliphatic heterocycles. The third-order valence-corrected chi connectivity index (χ3v) is 5.05. The molecule has 1 aromatic carbocycles. The van der Waals surface area contributed by atoms with Crippen LogP contribution in [-0.4, -0.2) is 24.0 Å². The summed E-state index contributed by atoms with van der Waals surface area (Å²) in [5.41, 5.74) is 4.76. The Hall–Kier alpha value is -0.820. The molecule has 1 aliphatic carbocycles. The molecule has 2 aliphatic rings. The molecule has 1 saturated carbocycles. The fourth-order valence-corrected chi connectivity index (χ4v) is 3.50. The van der Waals surface area contributed by atoms with E-state index in [0.717, 1.165) is 11.8 Å². The van der Waals surface area contributed by atoms with Gasteiger partial charge in [-0.3, -0.25) is 0 Å². The Morgan fingerprint density at radius 1 is 1.00 bits per heavy atom. The summed E-state index contributed by atoms with van der Waals surface area (Å²) in [4.78, 5) is 2.62. The first-order valence-corrected chi connectivity index (χ1v) is 7.99. The minimum absolute atomic E-state index is 0.709. The van der Waals surface area contributed by atoms with E-state index in [9.17, 15) is 0 Å². The van der Waals surface area contributed by atoms with E-state index < -0.39 is 0 Å². The summed E-state index contributed by atoms with van der Waals surface area (Å²) in [6.45, 7) is 9.46. The highest BCUT2D eigenvalue weighted by Crippen LogP contribution is 2.43. The van der Waals surface area contributed by atoms with Crippen molar-refractivity contribution in [1.29, 1.82) is 0 Å². The first-order chi connectivity index (χ1) is 9.15. The van der Waals surface area contributed by atoms with E-state index in [-0.39, 0.29) is 0 Å². The topological polar surface area (TPSA) is 3.24 Å². The van der Waals surface area contributed by atoms with Gasteiger partial charge in [-0.05, 0) is 88.1 Å². The molecule has 0 N–H and O–H groups in total. The minimum Gasteiger partial charge on any atom is -0.301 e. The van der Waals surface area contributed by atoms with Gasteiger partial charge in [0.25, 0.3) is 0 Å². The Morgan fingerprint density at radius 3 is 2.26 bits per heavy atom. The molecule has 1 heteroatoms. The van der Waals surface area contributed by atoms with E-state index in [1.807, 2.05) is 0 Å². The third kappa shape index (κ3) is 2.86. The number of benzene rings is 1. The van der Waals surface area contributed by atoms with E-state index in [1.165, 1.54) is 44.3 Å². The Kier molecular flexibility index (Phi) is 3.66. The third-order valence-electron chi connectivity index (χ3n) is 5.05. The van der Waals surface area contributed by atoms with Gasteiger partial charge in [-0.2, -0.15) is 0 Å². The van der Waals surface area contributed by atoms with Crippen LogP contribution in [0.4, 0.5) is 0 Å². The number of hydrogen-bond acceptors (Lipinski definition) is 1. The Morgan fingerprint density at radius 2 is 1.68 bits per heavy atom. The highest BCUT2D eigenvalue weighted by atomic mass is 15.1. The second-order valence-corrected chi connectivity index (χ2v) is 6.79. The molecular formula is C18H27N. The molecule has 3 rings (SSSR count). The van der Waals surface area contributed by atoms with E-state index in [4.69, 9.17) is 0 Å². The zero-order valence-corrected chi connectivity index (χ0v) is 12.7. The average Bonchev–Trinajstić information content (AvgIpc) is 3.24. The van der Waals surface area contributed by atoms with Crippen molar-refractivity contribution in [2.45, 2.75) is 64.3 Å². The molecule has 1 aromatic rings. The van der Waals surface area contributed by atoms with Crippen LogP contribution in [0.3, 0.4) is 0 Å². The molecule has 104 valence electrons. The van der Waals surface area contributed by atoms with Crippen molar-refractivity contribution in [3.05, 3.63) is 34.9 Å². The normalized spacial score (nSPS) is 22.1. The molecule has 0 spiro atoms. The van der Waals surface area contributed by atoms with Crippen LogP contribution in [0.5, 0.6) is 0 Å². The second-order valence-electron chi connectivity index (χ2n) is 6.79. The van der Waals surface area contributed by atoms with Crippen molar-refractivity contribution in [1.82, 2.24) is 4.90 Å². The fourth-order valence-electron chi connectivity index (χ4n) is 3.50. The molecule has 19 heavy (non-hydrogen) atoms. The Labute approximate surface area is 118 Å². The SMILES string of the molecule is Cc1ccc(C2CCN(C(C)C)CC2)cc1C1CC1. The summed E-state index contributed by atoms with van der Waals surface area (Å²) in [7, 11) is 0. The van der Waals surface area contributed by atoms with Crippen molar-refractivity contribution in [2.75, 3.05) is 13.1 Å². The molecule has 1 nitrogen and oxygen atoms in total. The van der Waals surface area contributed by atoms with Crippen LogP contribution in [0.25, 0.3) is 0 Å². The summed E-state index contributed by atoms with van der Waals surface area (Å²) >= 11 is 0. The molecule has 0 atom stereocenters. The second kappa shape index (κ2) is 5.28. The van der Waals surface area contributed by atoms with Crippen LogP contribution >= 0.6 is 0 Å². The maximum absolute atomic E-state index is 2.62. The van der Waals surface area contributed by atoms with Crippen molar-refractivity contribution >= 4 is 0 Å². The zero-order chi connectivity index (χ0) is 13.4. The van der Waals surface area contributed by atoms with Crippen LogP contribution in [0.15, 0.2) is 18.2 Å². The first kappa shape index (κ1) is 13.2. The molecule has 0 aromatic heterocycles. The minimum atomic E-state index is 0.709. The molecule has 2 fully saturated rings. The monoisotopic (exact) mass is 257 g/mol. The van der Waals surface area contributed by atoms with Gasteiger partial charge in [-0.25, -0.2) is 0 Å². The molecule has 0 unspecified atom stereocenters. The summed E-state index contributed by atoms with van der Waals surface area (Å²) in [5, 5.41) is 0. The number of rotatable bonds is 3. The van der Waals surface area contributed by atoms with Gasteiger partial charge < -0.3 is 4.90 Å². The largest absolute Gasteiger partial charge is 0.301 e. The molecule has 1 heterocycles. The predicted molar refractivity (Wildman–Crippen MR) is 81.8 cm³/mol. The highest BCUT2D eigenvalue weighted by molar-refractivity contribution is 5.37. The maximum Gasteiger partial charge on any atom is 0.00385 e. The van der Waals surface area contributed by atoms with Crippen LogP contribution in [0.1, 0.15) is 68.1 Å². The predicted octanol–water partition coefficient (Wildman–Crippen LogP) is 4.46. The zero-order valence-electron chi connectivity index (χ0n) is 12.7. The van der Waals surface area contributed by atoms with E-state index in [2.05, 4.69) is 43.9 Å². The smallest absolute Gasteiger partial charge is 0.00385 e. The molecule has 1 saturated heterocycles. The molecule has 0 bridgehead atoms. The lowest BCUT2D eigenvalue weighted by Crippen LogP contribution is -2.37. The lowest BCUT2D eigenvalue weighted by Gasteiger charge is -2.35. The van der Waals surface area contributed by atoms with E-state index in [0.29, 0.717) is 6.04 Å². The van der Waals surface area contributed by atoms with Gasteiger partial charge in [-0.15, -0.1) is 0 Å². The number of piperidine rings is 1. The number of likely N-dealkylation sites (tertiary alicyclic amines) is 1. The average molecular weight is 257 g/mol. The molecule has 0 radical (unpaired) electrons. The van der Waals surface area contributed by atoms with Gasteiger partial charge in [0.15, 0.2) is 0 Å². The van der Waals surface area contributed by atoms with Gasteiger partial charge in [0.1, 0.15) is 0 Å². The van der Waals surface area contributed by atoms with Gasteiger partial charge in [0.05, 0.1) is 0 Å². The summed E-state index contributed by atoms with van der Waals surface area (Å²) in [5.74, 6) is 1.68. The summed E-state index contributed by atoms with van der Waals surface area (Å²) in [6.07, 6.45) is 5.50. The van der Waals surface area contributed by atoms with Crippen molar-refractivity contribution in [2.24, 2.45) is 0 Å². The Balaban J connectivity index is 1.71. The summed E-state index contributed by atoms with van der Waals surface area (Å²) < 4.78 is 0. The summed E-state index contributed by atoms with van der Waals surface area (Å²) in [6, 6.07) is 7.98. The van der Waals surface area contributed by atoms with Crippen LogP contribution in [-0.2, 0) is 0 Å². The lowest BCUT2D eigenvalue weighted by atomic mass is 9.86. The van der Waals surface area contributed by atoms with Crippen molar-refractivity contribution in [3.63, 3.8) is 0 Å². The molecular weight excluding hydrogens is 230 g/mol. The van der Waals surface area contributed by atoms with Crippen molar-refractivity contribution < 1.29 is 0 Å². The first-order valence-electron chi connectivity index (χ1n) is 7.99. The van der Waals surface area contributed by atoms with E-state index >= 15 is 0 Å². The number of nitrogens with zero attached hydrogens (tertiary/aromatic N) is 1. The van der Waals surface area contributed by atoms with Crippen LogP contribution in [0.2, 0.25) is 0 Å². The van der Waals surface area contributed by atoms with Crippen molar-refractivity contribution in [3.8, 4) is 0 Å². The standard InChI is InChI=1S/C18H27N/c1-13(2)19-10-8-15(9-11-19)17-5-4-14(3)18(12-17)16-6-7-16/h4-5,12-13,15-16H,6-11H2,1-3H3. The fraction of sp³-hybridized carbons (Fsp3) is 0.667. The van der Waals surface area contributed by atoms with Crippen LogP contribution in [0, 0.1) is 6.92 Å².